The van der Waals surface area contributed by atoms with Crippen LogP contribution in [0.3, 0.4) is 0 Å². The standard InChI is InChI=1S/C10H10O5/c1-13-7-4-9-8(14-5-15-9)2-6(7)3-10(11)12/h2,4H,3,5H2,1H3,(H,11,12). The fourth-order valence-electron chi connectivity index (χ4n) is 1.46. The third-order valence-electron chi connectivity index (χ3n) is 2.12. The Hall–Kier alpha value is -1.91. The lowest BCUT2D eigenvalue weighted by atomic mass is 10.1. The zero-order valence-corrected chi connectivity index (χ0v) is 8.15. The van der Waals surface area contributed by atoms with Crippen LogP contribution in [-0.4, -0.2) is 25.0 Å². The van der Waals surface area contributed by atoms with E-state index in [9.17, 15) is 4.79 Å². The molecule has 0 fully saturated rings. The minimum atomic E-state index is -0.910. The molecule has 0 saturated heterocycles. The van der Waals surface area contributed by atoms with Crippen molar-refractivity contribution >= 4 is 5.97 Å². The molecule has 1 N–H and O–H groups in total. The average Bonchev–Trinajstić information content (AvgIpc) is 2.62. The molecule has 0 bridgehead atoms. The van der Waals surface area contributed by atoms with Gasteiger partial charge in [0.15, 0.2) is 11.5 Å². The Labute approximate surface area is 86.2 Å². The van der Waals surface area contributed by atoms with Crippen LogP contribution in [0.1, 0.15) is 5.56 Å². The van der Waals surface area contributed by atoms with Gasteiger partial charge in [0.25, 0.3) is 0 Å². The zero-order valence-electron chi connectivity index (χ0n) is 8.15. The second-order valence-corrected chi connectivity index (χ2v) is 3.09. The highest BCUT2D eigenvalue weighted by Crippen LogP contribution is 2.38. The van der Waals surface area contributed by atoms with E-state index in [0.29, 0.717) is 22.8 Å². The van der Waals surface area contributed by atoms with E-state index in [2.05, 4.69) is 0 Å². The highest BCUT2D eigenvalue weighted by atomic mass is 16.7. The molecule has 5 nitrogen and oxygen atoms in total. The van der Waals surface area contributed by atoms with Crippen LogP contribution in [0.25, 0.3) is 0 Å². The van der Waals surface area contributed by atoms with Gasteiger partial charge in [0.05, 0.1) is 13.5 Å². The lowest BCUT2D eigenvalue weighted by Gasteiger charge is -2.07. The molecule has 0 radical (unpaired) electrons. The average molecular weight is 210 g/mol. The lowest BCUT2D eigenvalue weighted by Crippen LogP contribution is -2.02. The molecule has 0 amide bonds. The Balaban J connectivity index is 2.39. The maximum absolute atomic E-state index is 10.6. The van der Waals surface area contributed by atoms with Gasteiger partial charge in [0, 0.05) is 11.6 Å². The van der Waals surface area contributed by atoms with Crippen molar-refractivity contribution in [3.63, 3.8) is 0 Å². The summed E-state index contributed by atoms with van der Waals surface area (Å²) in [6, 6.07) is 3.27. The highest BCUT2D eigenvalue weighted by molar-refractivity contribution is 5.72. The Morgan fingerprint density at radius 1 is 1.47 bits per heavy atom. The molecule has 80 valence electrons. The summed E-state index contributed by atoms with van der Waals surface area (Å²) in [5.74, 6) is 0.738. The van der Waals surface area contributed by atoms with Crippen LogP contribution in [0.2, 0.25) is 0 Å². The van der Waals surface area contributed by atoms with Gasteiger partial charge in [-0.2, -0.15) is 0 Å². The molecule has 2 rings (SSSR count). The van der Waals surface area contributed by atoms with E-state index in [0.717, 1.165) is 0 Å². The van der Waals surface area contributed by atoms with Crippen molar-refractivity contribution in [1.29, 1.82) is 0 Å². The normalized spacial score (nSPS) is 12.6. The van der Waals surface area contributed by atoms with Crippen LogP contribution < -0.4 is 14.2 Å². The molecule has 0 unspecified atom stereocenters. The molecule has 1 aliphatic heterocycles. The van der Waals surface area contributed by atoms with Crippen LogP contribution in [0.5, 0.6) is 17.2 Å². The molecule has 1 aromatic carbocycles. The van der Waals surface area contributed by atoms with Crippen molar-refractivity contribution < 1.29 is 24.1 Å². The summed E-state index contributed by atoms with van der Waals surface area (Å²) in [6.07, 6.45) is -0.0974. The first-order valence-electron chi connectivity index (χ1n) is 4.39. The number of ether oxygens (including phenoxy) is 3. The molecule has 1 aliphatic rings. The van der Waals surface area contributed by atoms with Gasteiger partial charge >= 0.3 is 5.97 Å². The van der Waals surface area contributed by atoms with Gasteiger partial charge in [0.2, 0.25) is 6.79 Å². The summed E-state index contributed by atoms with van der Waals surface area (Å²) >= 11 is 0. The number of carboxylic acid groups (broad SMARTS) is 1. The van der Waals surface area contributed by atoms with Crippen LogP contribution in [0, 0.1) is 0 Å². The number of fused-ring (bicyclic) bond motifs is 1. The predicted octanol–water partition coefficient (Wildman–Crippen LogP) is 1.05. The Kier molecular flexibility index (Phi) is 2.37. The van der Waals surface area contributed by atoms with Crippen LogP contribution >= 0.6 is 0 Å². The number of methoxy groups -OCH3 is 1. The minimum absolute atomic E-state index is 0.0974. The molecule has 5 heteroatoms. The van der Waals surface area contributed by atoms with Crippen molar-refractivity contribution in [1.82, 2.24) is 0 Å². The van der Waals surface area contributed by atoms with E-state index in [1.807, 2.05) is 0 Å². The SMILES string of the molecule is COc1cc2c(cc1CC(=O)O)OCO2. The molecule has 0 aromatic heterocycles. The summed E-state index contributed by atoms with van der Waals surface area (Å²) in [6.45, 7) is 0.162. The Bertz CT molecular complexity index is 399. The summed E-state index contributed by atoms with van der Waals surface area (Å²) in [4.78, 5) is 10.6. The van der Waals surface area contributed by atoms with Crippen molar-refractivity contribution in [2.75, 3.05) is 13.9 Å². The lowest BCUT2D eigenvalue weighted by molar-refractivity contribution is -0.136. The number of carbonyl (C=O) groups is 1. The van der Waals surface area contributed by atoms with Gasteiger partial charge in [-0.3, -0.25) is 4.79 Å². The van der Waals surface area contributed by atoms with Gasteiger partial charge in [-0.1, -0.05) is 0 Å². The molecule has 0 atom stereocenters. The number of carboxylic acids is 1. The monoisotopic (exact) mass is 210 g/mol. The summed E-state index contributed by atoms with van der Waals surface area (Å²) < 4.78 is 15.4. The van der Waals surface area contributed by atoms with E-state index in [1.54, 1.807) is 12.1 Å². The van der Waals surface area contributed by atoms with E-state index in [4.69, 9.17) is 19.3 Å². The Morgan fingerprint density at radius 2 is 2.13 bits per heavy atom. The molecule has 0 aliphatic carbocycles. The van der Waals surface area contributed by atoms with E-state index in [-0.39, 0.29) is 13.2 Å². The second kappa shape index (κ2) is 3.68. The van der Waals surface area contributed by atoms with Gasteiger partial charge in [0.1, 0.15) is 5.75 Å². The highest BCUT2D eigenvalue weighted by Gasteiger charge is 2.18. The minimum Gasteiger partial charge on any atom is -0.496 e. The van der Waals surface area contributed by atoms with Crippen LogP contribution in [-0.2, 0) is 11.2 Å². The van der Waals surface area contributed by atoms with Crippen molar-refractivity contribution in [3.05, 3.63) is 17.7 Å². The van der Waals surface area contributed by atoms with Gasteiger partial charge < -0.3 is 19.3 Å². The zero-order chi connectivity index (χ0) is 10.8. The molecular formula is C10H10O5. The van der Waals surface area contributed by atoms with E-state index < -0.39 is 5.97 Å². The summed E-state index contributed by atoms with van der Waals surface area (Å²) in [7, 11) is 1.49. The molecule has 1 aromatic rings. The predicted molar refractivity (Wildman–Crippen MR) is 50.5 cm³/mol. The van der Waals surface area contributed by atoms with Crippen LogP contribution in [0.4, 0.5) is 0 Å². The fourth-order valence-corrected chi connectivity index (χ4v) is 1.46. The molecule has 0 spiro atoms. The third-order valence-corrected chi connectivity index (χ3v) is 2.12. The third kappa shape index (κ3) is 1.81. The van der Waals surface area contributed by atoms with Gasteiger partial charge in [-0.05, 0) is 6.07 Å². The first-order valence-corrected chi connectivity index (χ1v) is 4.39. The number of benzene rings is 1. The quantitative estimate of drug-likeness (QED) is 0.807. The maximum atomic E-state index is 10.6. The number of hydrogen-bond acceptors (Lipinski definition) is 4. The van der Waals surface area contributed by atoms with E-state index in [1.165, 1.54) is 7.11 Å². The largest absolute Gasteiger partial charge is 0.496 e. The van der Waals surface area contributed by atoms with Crippen molar-refractivity contribution in [3.8, 4) is 17.2 Å². The smallest absolute Gasteiger partial charge is 0.307 e. The topological polar surface area (TPSA) is 65.0 Å². The van der Waals surface area contributed by atoms with Crippen LogP contribution in [0.15, 0.2) is 12.1 Å². The maximum Gasteiger partial charge on any atom is 0.307 e. The molecule has 0 saturated carbocycles. The number of rotatable bonds is 3. The number of aliphatic carboxylic acids is 1. The van der Waals surface area contributed by atoms with E-state index >= 15 is 0 Å². The van der Waals surface area contributed by atoms with Crippen molar-refractivity contribution in [2.24, 2.45) is 0 Å². The fraction of sp³-hybridized carbons (Fsp3) is 0.300. The first kappa shape index (κ1) is 9.64. The van der Waals surface area contributed by atoms with Gasteiger partial charge in [-0.25, -0.2) is 0 Å². The summed E-state index contributed by atoms with van der Waals surface area (Å²) in [5.41, 5.74) is 0.578. The molecule has 1 heterocycles. The van der Waals surface area contributed by atoms with Gasteiger partial charge in [-0.15, -0.1) is 0 Å². The molecular weight excluding hydrogens is 200 g/mol. The van der Waals surface area contributed by atoms with Crippen molar-refractivity contribution in [2.45, 2.75) is 6.42 Å². The number of hydrogen-bond donors (Lipinski definition) is 1. The Morgan fingerprint density at radius 3 is 2.73 bits per heavy atom. The first-order chi connectivity index (χ1) is 7.20. The molecule has 15 heavy (non-hydrogen) atoms. The second-order valence-electron chi connectivity index (χ2n) is 3.09. The summed E-state index contributed by atoms with van der Waals surface area (Å²) in [5, 5.41) is 8.71.